The van der Waals surface area contributed by atoms with Crippen molar-refractivity contribution in [3.8, 4) is 0 Å². The van der Waals surface area contributed by atoms with Crippen molar-refractivity contribution in [2.45, 2.75) is 38.7 Å². The van der Waals surface area contributed by atoms with E-state index >= 15 is 0 Å². The maximum Gasteiger partial charge on any atom is 0.0699 e. The lowest BCUT2D eigenvalue weighted by Gasteiger charge is -2.22. The van der Waals surface area contributed by atoms with Crippen molar-refractivity contribution >= 4 is 0 Å². The lowest BCUT2D eigenvalue weighted by Crippen LogP contribution is -2.32. The first-order chi connectivity index (χ1) is 6.93. The molecule has 0 amide bonds. The van der Waals surface area contributed by atoms with Crippen LogP contribution in [0.4, 0.5) is 0 Å². The zero-order valence-electron chi connectivity index (χ0n) is 9.26. The number of hydrogen-bond acceptors (Lipinski definition) is 3. The minimum Gasteiger partial charge on any atom is -0.382 e. The Kier molecular flexibility index (Phi) is 7.01. The molecule has 0 bridgehead atoms. The third-order valence-electron chi connectivity index (χ3n) is 2.49. The van der Waals surface area contributed by atoms with Crippen molar-refractivity contribution < 1.29 is 9.47 Å². The molecule has 0 aromatic heterocycles. The van der Waals surface area contributed by atoms with Crippen molar-refractivity contribution in [2.24, 2.45) is 0 Å². The Labute approximate surface area is 87.2 Å². The summed E-state index contributed by atoms with van der Waals surface area (Å²) >= 11 is 0. The molecule has 1 fully saturated rings. The fourth-order valence-electron chi connectivity index (χ4n) is 1.68. The third-order valence-corrected chi connectivity index (χ3v) is 2.49. The highest BCUT2D eigenvalue weighted by atomic mass is 16.5. The first-order valence-electron chi connectivity index (χ1n) is 5.83. The summed E-state index contributed by atoms with van der Waals surface area (Å²) in [6.07, 6.45) is 5.33. The summed E-state index contributed by atoms with van der Waals surface area (Å²) in [4.78, 5) is 0. The average molecular weight is 201 g/mol. The maximum absolute atomic E-state index is 5.61. The van der Waals surface area contributed by atoms with Crippen LogP contribution in [0.2, 0.25) is 0 Å². The van der Waals surface area contributed by atoms with E-state index < -0.39 is 0 Å². The zero-order chi connectivity index (χ0) is 10.1. The van der Waals surface area contributed by atoms with Crippen molar-refractivity contribution in [3.05, 3.63) is 0 Å². The largest absolute Gasteiger partial charge is 0.382 e. The molecule has 3 nitrogen and oxygen atoms in total. The van der Waals surface area contributed by atoms with Crippen LogP contribution in [0.1, 0.15) is 32.6 Å². The van der Waals surface area contributed by atoms with E-state index in [1.54, 1.807) is 0 Å². The summed E-state index contributed by atoms with van der Waals surface area (Å²) in [6, 6.07) is 0. The molecule has 0 spiro atoms. The van der Waals surface area contributed by atoms with Crippen LogP contribution in [-0.4, -0.2) is 39.0 Å². The molecule has 0 aromatic carbocycles. The van der Waals surface area contributed by atoms with Gasteiger partial charge in [-0.3, -0.25) is 0 Å². The molecule has 1 atom stereocenters. The van der Waals surface area contributed by atoms with E-state index in [4.69, 9.17) is 9.47 Å². The molecule has 1 N–H and O–H groups in total. The van der Waals surface area contributed by atoms with Gasteiger partial charge in [-0.05, 0) is 39.2 Å². The van der Waals surface area contributed by atoms with E-state index in [1.165, 1.54) is 19.3 Å². The Bertz CT molecular complexity index is 124. The molecule has 1 heterocycles. The van der Waals surface area contributed by atoms with E-state index in [0.717, 1.165) is 39.3 Å². The minimum absolute atomic E-state index is 0.454. The molecule has 14 heavy (non-hydrogen) atoms. The highest BCUT2D eigenvalue weighted by Gasteiger charge is 2.12. The Balaban J connectivity index is 1.82. The van der Waals surface area contributed by atoms with Crippen LogP contribution in [0.15, 0.2) is 0 Å². The molecular formula is C11H23NO2. The second-order valence-electron chi connectivity index (χ2n) is 3.74. The van der Waals surface area contributed by atoms with Crippen molar-refractivity contribution in [1.82, 2.24) is 5.32 Å². The average Bonchev–Trinajstić information content (AvgIpc) is 2.25. The minimum atomic E-state index is 0.454. The monoisotopic (exact) mass is 201 g/mol. The molecular weight excluding hydrogens is 178 g/mol. The Morgan fingerprint density at radius 3 is 3.07 bits per heavy atom. The van der Waals surface area contributed by atoms with Crippen LogP contribution in [0.5, 0.6) is 0 Å². The van der Waals surface area contributed by atoms with E-state index in [-0.39, 0.29) is 0 Å². The predicted molar refractivity (Wildman–Crippen MR) is 57.6 cm³/mol. The van der Waals surface area contributed by atoms with Crippen molar-refractivity contribution in [3.63, 3.8) is 0 Å². The quantitative estimate of drug-likeness (QED) is 0.634. The molecule has 1 unspecified atom stereocenters. The van der Waals surface area contributed by atoms with E-state index in [1.807, 2.05) is 6.92 Å². The molecule has 0 aliphatic carbocycles. The highest BCUT2D eigenvalue weighted by Crippen LogP contribution is 2.11. The van der Waals surface area contributed by atoms with E-state index in [9.17, 15) is 0 Å². The van der Waals surface area contributed by atoms with Gasteiger partial charge in [0.05, 0.1) is 6.10 Å². The molecule has 1 saturated heterocycles. The van der Waals surface area contributed by atoms with Gasteiger partial charge in [-0.1, -0.05) is 0 Å². The van der Waals surface area contributed by atoms with Gasteiger partial charge in [0, 0.05) is 26.4 Å². The Morgan fingerprint density at radius 2 is 2.36 bits per heavy atom. The summed E-state index contributed by atoms with van der Waals surface area (Å²) in [5.74, 6) is 0. The van der Waals surface area contributed by atoms with E-state index in [0.29, 0.717) is 6.10 Å². The van der Waals surface area contributed by atoms with Crippen LogP contribution in [0.3, 0.4) is 0 Å². The molecule has 3 heteroatoms. The number of ether oxygens (including phenoxy) is 2. The van der Waals surface area contributed by atoms with Gasteiger partial charge < -0.3 is 14.8 Å². The highest BCUT2D eigenvalue weighted by molar-refractivity contribution is 4.65. The summed E-state index contributed by atoms with van der Waals surface area (Å²) in [6.45, 7) is 6.72. The van der Waals surface area contributed by atoms with Crippen LogP contribution in [0.25, 0.3) is 0 Å². The fourth-order valence-corrected chi connectivity index (χ4v) is 1.68. The maximum atomic E-state index is 5.61. The summed E-state index contributed by atoms with van der Waals surface area (Å²) in [5.41, 5.74) is 0. The van der Waals surface area contributed by atoms with Gasteiger partial charge >= 0.3 is 0 Å². The van der Waals surface area contributed by atoms with Crippen molar-refractivity contribution in [2.75, 3.05) is 32.9 Å². The van der Waals surface area contributed by atoms with Gasteiger partial charge in [0.25, 0.3) is 0 Å². The van der Waals surface area contributed by atoms with Gasteiger partial charge in [0.1, 0.15) is 0 Å². The van der Waals surface area contributed by atoms with Gasteiger partial charge in [-0.15, -0.1) is 0 Å². The van der Waals surface area contributed by atoms with Gasteiger partial charge in [0.2, 0.25) is 0 Å². The van der Waals surface area contributed by atoms with E-state index in [2.05, 4.69) is 5.32 Å². The third kappa shape index (κ3) is 5.58. The molecule has 0 aromatic rings. The van der Waals surface area contributed by atoms with Gasteiger partial charge in [0.15, 0.2) is 0 Å². The van der Waals surface area contributed by atoms with Gasteiger partial charge in [-0.2, -0.15) is 0 Å². The molecule has 1 rings (SSSR count). The van der Waals surface area contributed by atoms with Crippen LogP contribution in [-0.2, 0) is 9.47 Å². The summed E-state index contributed by atoms with van der Waals surface area (Å²) in [7, 11) is 0. The second kappa shape index (κ2) is 8.21. The number of nitrogens with one attached hydrogen (secondary N) is 1. The summed E-state index contributed by atoms with van der Waals surface area (Å²) in [5, 5.41) is 3.41. The second-order valence-corrected chi connectivity index (χ2v) is 3.74. The molecule has 0 radical (unpaired) electrons. The number of hydrogen-bond donors (Lipinski definition) is 1. The number of rotatable bonds is 7. The standard InChI is InChI=1S/C11H23NO2/c1-2-13-8-5-7-12-10-11-6-3-4-9-14-11/h11-12H,2-10H2,1H3. The van der Waals surface area contributed by atoms with Crippen LogP contribution >= 0.6 is 0 Å². The zero-order valence-corrected chi connectivity index (χ0v) is 9.26. The topological polar surface area (TPSA) is 30.5 Å². The summed E-state index contributed by atoms with van der Waals surface area (Å²) < 4.78 is 10.9. The van der Waals surface area contributed by atoms with Crippen molar-refractivity contribution in [1.29, 1.82) is 0 Å². The molecule has 1 aliphatic heterocycles. The molecule has 84 valence electrons. The molecule has 1 aliphatic rings. The van der Waals surface area contributed by atoms with Crippen LogP contribution < -0.4 is 5.32 Å². The lowest BCUT2D eigenvalue weighted by molar-refractivity contribution is 0.0167. The lowest BCUT2D eigenvalue weighted by atomic mass is 10.1. The first kappa shape index (κ1) is 12.0. The predicted octanol–water partition coefficient (Wildman–Crippen LogP) is 1.57. The normalized spacial score (nSPS) is 22.5. The molecule has 0 saturated carbocycles. The smallest absolute Gasteiger partial charge is 0.0699 e. The van der Waals surface area contributed by atoms with Gasteiger partial charge in [-0.25, -0.2) is 0 Å². The Hall–Kier alpha value is -0.120. The first-order valence-corrected chi connectivity index (χ1v) is 5.83. The fraction of sp³-hybridized carbons (Fsp3) is 1.00. The van der Waals surface area contributed by atoms with Crippen LogP contribution in [0, 0.1) is 0 Å². The Morgan fingerprint density at radius 1 is 1.43 bits per heavy atom. The SMILES string of the molecule is CCOCCCNCC1CCCCO1.